The van der Waals surface area contributed by atoms with Gasteiger partial charge in [-0.2, -0.15) is 0 Å². The SMILES string of the molecule is NNc1ccc(CN2C(=O)NC3(CCCC3)C2=O)cn1. The second-order valence-electron chi connectivity index (χ2n) is 5.31. The van der Waals surface area contributed by atoms with Gasteiger partial charge in [0, 0.05) is 6.20 Å². The number of hydrazine groups is 1. The van der Waals surface area contributed by atoms with Crippen LogP contribution in [-0.4, -0.2) is 27.4 Å². The van der Waals surface area contributed by atoms with Crippen molar-refractivity contribution >= 4 is 17.8 Å². The lowest BCUT2D eigenvalue weighted by molar-refractivity contribution is -0.131. The van der Waals surface area contributed by atoms with Crippen LogP contribution in [0.25, 0.3) is 0 Å². The molecule has 0 atom stereocenters. The molecule has 3 rings (SSSR count). The Morgan fingerprint density at radius 2 is 2.10 bits per heavy atom. The Bertz CT molecular complexity index is 536. The molecule has 4 N–H and O–H groups in total. The zero-order valence-electron chi connectivity index (χ0n) is 11.1. The minimum atomic E-state index is -0.650. The quantitative estimate of drug-likeness (QED) is 0.429. The molecule has 3 amide bonds. The zero-order valence-corrected chi connectivity index (χ0v) is 11.1. The molecule has 1 saturated carbocycles. The number of nitrogens with zero attached hydrogens (tertiary/aromatic N) is 2. The van der Waals surface area contributed by atoms with Gasteiger partial charge in [-0.1, -0.05) is 18.9 Å². The van der Waals surface area contributed by atoms with E-state index in [1.54, 1.807) is 18.3 Å². The molecular formula is C13H17N5O2. The van der Waals surface area contributed by atoms with Crippen LogP contribution in [0, 0.1) is 0 Å². The Kier molecular flexibility index (Phi) is 3.06. The molecule has 2 aliphatic rings. The van der Waals surface area contributed by atoms with Crippen molar-refractivity contribution in [3.8, 4) is 0 Å². The van der Waals surface area contributed by atoms with Gasteiger partial charge in [0.15, 0.2) is 0 Å². The van der Waals surface area contributed by atoms with E-state index >= 15 is 0 Å². The standard InChI is InChI=1S/C13H17N5O2/c14-17-10-4-3-9(7-15-10)8-18-11(19)13(16-12(18)20)5-1-2-6-13/h3-4,7H,1-2,5-6,8,14H2,(H,15,17)(H,16,20). The van der Waals surface area contributed by atoms with Gasteiger partial charge >= 0.3 is 6.03 Å². The summed E-state index contributed by atoms with van der Waals surface area (Å²) in [6.45, 7) is 0.240. The van der Waals surface area contributed by atoms with Crippen LogP contribution in [0.15, 0.2) is 18.3 Å². The second-order valence-corrected chi connectivity index (χ2v) is 5.31. The zero-order chi connectivity index (χ0) is 14.2. The summed E-state index contributed by atoms with van der Waals surface area (Å²) in [5.74, 6) is 5.67. The molecule has 0 aromatic carbocycles. The molecule has 0 unspecified atom stereocenters. The number of amides is 3. The monoisotopic (exact) mass is 275 g/mol. The van der Waals surface area contributed by atoms with E-state index < -0.39 is 5.54 Å². The molecule has 1 spiro atoms. The number of imide groups is 1. The topological polar surface area (TPSA) is 100 Å². The minimum Gasteiger partial charge on any atom is -0.323 e. The van der Waals surface area contributed by atoms with Gasteiger partial charge in [-0.3, -0.25) is 9.69 Å². The lowest BCUT2D eigenvalue weighted by Gasteiger charge is -2.20. The first-order chi connectivity index (χ1) is 9.64. The number of nitrogens with two attached hydrogens (primary N) is 1. The van der Waals surface area contributed by atoms with Crippen molar-refractivity contribution < 1.29 is 9.59 Å². The third-order valence-corrected chi connectivity index (χ3v) is 4.02. The van der Waals surface area contributed by atoms with Crippen molar-refractivity contribution in [2.45, 2.75) is 37.8 Å². The summed E-state index contributed by atoms with van der Waals surface area (Å²) in [7, 11) is 0. The molecule has 0 radical (unpaired) electrons. The van der Waals surface area contributed by atoms with E-state index in [4.69, 9.17) is 5.84 Å². The predicted octanol–water partition coefficient (Wildman–Crippen LogP) is 0.732. The molecule has 106 valence electrons. The molecule has 20 heavy (non-hydrogen) atoms. The average Bonchev–Trinajstić information content (AvgIpc) is 3.01. The van der Waals surface area contributed by atoms with Crippen LogP contribution < -0.4 is 16.6 Å². The maximum absolute atomic E-state index is 12.5. The molecule has 1 aromatic rings. The fraction of sp³-hybridized carbons (Fsp3) is 0.462. The van der Waals surface area contributed by atoms with Gasteiger partial charge in [-0.05, 0) is 24.5 Å². The highest BCUT2D eigenvalue weighted by Crippen LogP contribution is 2.35. The summed E-state index contributed by atoms with van der Waals surface area (Å²) in [5, 5.41) is 2.86. The smallest absolute Gasteiger partial charge is 0.323 e. The first kappa shape index (κ1) is 12.9. The molecule has 2 fully saturated rings. The Balaban J connectivity index is 1.76. The maximum atomic E-state index is 12.5. The first-order valence-electron chi connectivity index (χ1n) is 6.70. The van der Waals surface area contributed by atoms with Crippen molar-refractivity contribution in [3.05, 3.63) is 23.9 Å². The number of rotatable bonds is 3. The highest BCUT2D eigenvalue weighted by Gasteiger charge is 2.52. The summed E-state index contributed by atoms with van der Waals surface area (Å²) in [6.07, 6.45) is 5.05. The van der Waals surface area contributed by atoms with Crippen LogP contribution in [0.4, 0.5) is 10.6 Å². The molecular weight excluding hydrogens is 258 g/mol. The minimum absolute atomic E-state index is 0.110. The maximum Gasteiger partial charge on any atom is 0.325 e. The van der Waals surface area contributed by atoms with Gasteiger partial charge in [0.05, 0.1) is 6.54 Å². The number of nitrogens with one attached hydrogen (secondary N) is 2. The van der Waals surface area contributed by atoms with E-state index in [9.17, 15) is 9.59 Å². The predicted molar refractivity (Wildman–Crippen MR) is 72.3 cm³/mol. The molecule has 1 saturated heterocycles. The summed E-state index contributed by atoms with van der Waals surface area (Å²) in [4.78, 5) is 29.8. The van der Waals surface area contributed by atoms with E-state index in [1.807, 2.05) is 0 Å². The number of nitrogen functional groups attached to an aromatic ring is 1. The summed E-state index contributed by atoms with van der Waals surface area (Å²) in [6, 6.07) is 3.19. The van der Waals surface area contributed by atoms with E-state index in [0.29, 0.717) is 5.82 Å². The Labute approximate surface area is 116 Å². The lowest BCUT2D eigenvalue weighted by Crippen LogP contribution is -2.44. The Hall–Kier alpha value is -2.15. The lowest BCUT2D eigenvalue weighted by atomic mass is 9.98. The van der Waals surface area contributed by atoms with Crippen LogP contribution in [0.5, 0.6) is 0 Å². The normalized spacial score (nSPS) is 20.6. The number of carbonyl (C=O) groups is 2. The van der Waals surface area contributed by atoms with Crippen molar-refractivity contribution in [1.82, 2.24) is 15.2 Å². The van der Waals surface area contributed by atoms with Crippen molar-refractivity contribution in [2.24, 2.45) is 5.84 Å². The van der Waals surface area contributed by atoms with E-state index in [0.717, 1.165) is 31.2 Å². The van der Waals surface area contributed by atoms with Gasteiger partial charge in [0.1, 0.15) is 11.4 Å². The second kappa shape index (κ2) is 4.75. The number of anilines is 1. The number of carbonyl (C=O) groups excluding carboxylic acids is 2. The third kappa shape index (κ3) is 2.00. The highest BCUT2D eigenvalue weighted by molar-refractivity contribution is 6.07. The molecule has 1 aliphatic carbocycles. The van der Waals surface area contributed by atoms with Crippen LogP contribution in [0.3, 0.4) is 0 Å². The molecule has 7 heteroatoms. The fourth-order valence-corrected chi connectivity index (χ4v) is 2.92. The van der Waals surface area contributed by atoms with Gasteiger partial charge in [-0.25, -0.2) is 15.6 Å². The van der Waals surface area contributed by atoms with Gasteiger partial charge in [-0.15, -0.1) is 0 Å². The van der Waals surface area contributed by atoms with Crippen LogP contribution in [0.1, 0.15) is 31.2 Å². The summed E-state index contributed by atoms with van der Waals surface area (Å²) < 4.78 is 0. The number of urea groups is 1. The number of hydrogen-bond acceptors (Lipinski definition) is 5. The van der Waals surface area contributed by atoms with Gasteiger partial charge in [0.2, 0.25) is 0 Å². The van der Waals surface area contributed by atoms with E-state index in [-0.39, 0.29) is 18.5 Å². The Morgan fingerprint density at radius 1 is 1.35 bits per heavy atom. The van der Waals surface area contributed by atoms with Crippen LogP contribution in [-0.2, 0) is 11.3 Å². The van der Waals surface area contributed by atoms with Crippen molar-refractivity contribution in [1.29, 1.82) is 0 Å². The van der Waals surface area contributed by atoms with E-state index in [2.05, 4.69) is 15.7 Å². The summed E-state index contributed by atoms with van der Waals surface area (Å²) >= 11 is 0. The van der Waals surface area contributed by atoms with Gasteiger partial charge < -0.3 is 10.7 Å². The van der Waals surface area contributed by atoms with Gasteiger partial charge in [0.25, 0.3) is 5.91 Å². The molecule has 1 aromatic heterocycles. The highest BCUT2D eigenvalue weighted by atomic mass is 16.2. The molecule has 0 bridgehead atoms. The van der Waals surface area contributed by atoms with Crippen molar-refractivity contribution in [3.63, 3.8) is 0 Å². The number of pyridine rings is 1. The number of hydrogen-bond donors (Lipinski definition) is 3. The first-order valence-corrected chi connectivity index (χ1v) is 6.70. The van der Waals surface area contributed by atoms with Crippen LogP contribution >= 0.6 is 0 Å². The molecule has 1 aliphatic heterocycles. The van der Waals surface area contributed by atoms with E-state index in [1.165, 1.54) is 4.90 Å². The Morgan fingerprint density at radius 3 is 2.70 bits per heavy atom. The average molecular weight is 275 g/mol. The van der Waals surface area contributed by atoms with Crippen LogP contribution in [0.2, 0.25) is 0 Å². The molecule has 7 nitrogen and oxygen atoms in total. The summed E-state index contributed by atoms with van der Waals surface area (Å²) in [5.41, 5.74) is 2.58. The molecule has 2 heterocycles. The third-order valence-electron chi connectivity index (χ3n) is 4.02. The van der Waals surface area contributed by atoms with Crippen molar-refractivity contribution in [2.75, 3.05) is 5.43 Å². The largest absolute Gasteiger partial charge is 0.325 e. The number of aromatic nitrogens is 1. The fourth-order valence-electron chi connectivity index (χ4n) is 2.92.